The van der Waals surface area contributed by atoms with E-state index in [0.29, 0.717) is 27.2 Å². The van der Waals surface area contributed by atoms with E-state index in [1.165, 1.54) is 13.2 Å². The van der Waals surface area contributed by atoms with Crippen molar-refractivity contribution in [3.05, 3.63) is 52.0 Å². The third-order valence-corrected chi connectivity index (χ3v) is 3.77. The molecule has 0 fully saturated rings. The Morgan fingerprint density at radius 1 is 1.04 bits per heavy atom. The van der Waals surface area contributed by atoms with Crippen molar-refractivity contribution in [2.45, 2.75) is 6.92 Å². The number of carbonyl (C=O) groups excluding carboxylic acids is 2. The van der Waals surface area contributed by atoms with E-state index in [4.69, 9.17) is 27.9 Å². The van der Waals surface area contributed by atoms with Gasteiger partial charge in [-0.1, -0.05) is 29.3 Å². The van der Waals surface area contributed by atoms with Crippen LogP contribution in [0.15, 0.2) is 36.4 Å². The van der Waals surface area contributed by atoms with Crippen LogP contribution in [0.1, 0.15) is 5.56 Å². The zero-order valence-corrected chi connectivity index (χ0v) is 15.2. The average molecular weight is 382 g/mol. The van der Waals surface area contributed by atoms with Gasteiger partial charge in [0, 0.05) is 5.02 Å². The van der Waals surface area contributed by atoms with E-state index in [-0.39, 0.29) is 12.5 Å². The lowest BCUT2D eigenvalue weighted by molar-refractivity contribution is -0.115. The quantitative estimate of drug-likeness (QED) is 0.729. The van der Waals surface area contributed by atoms with Gasteiger partial charge < -0.3 is 20.7 Å². The van der Waals surface area contributed by atoms with Crippen LogP contribution >= 0.6 is 23.2 Å². The normalized spacial score (nSPS) is 10.1. The molecule has 0 spiro atoms. The van der Waals surface area contributed by atoms with Gasteiger partial charge in [0.05, 0.1) is 30.1 Å². The lowest BCUT2D eigenvalue weighted by Crippen LogP contribution is -2.35. The van der Waals surface area contributed by atoms with E-state index < -0.39 is 6.03 Å². The molecule has 2 aromatic carbocycles. The summed E-state index contributed by atoms with van der Waals surface area (Å²) in [6.07, 6.45) is 0. The summed E-state index contributed by atoms with van der Waals surface area (Å²) in [7, 11) is 1.52. The summed E-state index contributed by atoms with van der Waals surface area (Å²) in [5, 5.41) is 8.45. The number of nitrogens with one attached hydrogen (secondary N) is 3. The highest BCUT2D eigenvalue weighted by Crippen LogP contribution is 2.26. The molecule has 0 unspecified atom stereocenters. The number of amides is 3. The van der Waals surface area contributed by atoms with Gasteiger partial charge in [-0.25, -0.2) is 4.79 Å². The Kier molecular flexibility index (Phi) is 6.50. The number of benzene rings is 2. The van der Waals surface area contributed by atoms with Gasteiger partial charge in [0.15, 0.2) is 0 Å². The number of rotatable bonds is 5. The topological polar surface area (TPSA) is 79.5 Å². The number of hydrogen-bond acceptors (Lipinski definition) is 3. The van der Waals surface area contributed by atoms with Crippen molar-refractivity contribution < 1.29 is 14.3 Å². The maximum atomic E-state index is 12.0. The standard InChI is InChI=1S/C17H17Cl2N3O3/c1-10-3-6-15(25-2)14(7-10)21-16(23)9-20-17(24)22-13-5-4-11(18)8-12(13)19/h3-8H,9H2,1-2H3,(H,21,23)(H2,20,22,24). The zero-order chi connectivity index (χ0) is 18.4. The van der Waals surface area contributed by atoms with Crippen molar-refractivity contribution >= 4 is 46.5 Å². The molecule has 0 aliphatic rings. The van der Waals surface area contributed by atoms with Crippen LogP contribution in [0, 0.1) is 6.92 Å². The smallest absolute Gasteiger partial charge is 0.319 e. The maximum absolute atomic E-state index is 12.0. The Bertz CT molecular complexity index is 797. The van der Waals surface area contributed by atoms with Gasteiger partial charge in [-0.15, -0.1) is 0 Å². The predicted molar refractivity (Wildman–Crippen MR) is 99.8 cm³/mol. The van der Waals surface area contributed by atoms with Crippen molar-refractivity contribution in [1.82, 2.24) is 5.32 Å². The van der Waals surface area contributed by atoms with Crippen LogP contribution in [0.2, 0.25) is 10.0 Å². The Balaban J connectivity index is 1.89. The fraction of sp³-hybridized carbons (Fsp3) is 0.176. The first kappa shape index (κ1) is 18.9. The molecule has 6 nitrogen and oxygen atoms in total. The Hall–Kier alpha value is -2.44. The van der Waals surface area contributed by atoms with E-state index in [2.05, 4.69) is 16.0 Å². The zero-order valence-electron chi connectivity index (χ0n) is 13.7. The number of methoxy groups -OCH3 is 1. The number of ether oxygens (including phenoxy) is 1. The lowest BCUT2D eigenvalue weighted by atomic mass is 10.2. The number of urea groups is 1. The molecule has 8 heteroatoms. The molecule has 3 N–H and O–H groups in total. The largest absolute Gasteiger partial charge is 0.495 e. The third-order valence-electron chi connectivity index (χ3n) is 3.22. The fourth-order valence-corrected chi connectivity index (χ4v) is 2.49. The molecular formula is C17H17Cl2N3O3. The van der Waals surface area contributed by atoms with Gasteiger partial charge in [-0.05, 0) is 42.8 Å². The molecule has 2 rings (SSSR count). The van der Waals surface area contributed by atoms with Crippen LogP contribution in [0.25, 0.3) is 0 Å². The minimum atomic E-state index is -0.560. The minimum absolute atomic E-state index is 0.214. The maximum Gasteiger partial charge on any atom is 0.319 e. The summed E-state index contributed by atoms with van der Waals surface area (Å²) in [6.45, 7) is 1.69. The molecule has 132 valence electrons. The first-order chi connectivity index (χ1) is 11.9. The highest BCUT2D eigenvalue weighted by molar-refractivity contribution is 6.36. The van der Waals surface area contributed by atoms with Crippen molar-refractivity contribution in [3.63, 3.8) is 0 Å². The van der Waals surface area contributed by atoms with Crippen LogP contribution < -0.4 is 20.7 Å². The Morgan fingerprint density at radius 3 is 2.48 bits per heavy atom. The summed E-state index contributed by atoms with van der Waals surface area (Å²) in [5.74, 6) is 0.151. The van der Waals surface area contributed by atoms with Crippen LogP contribution in [0.4, 0.5) is 16.2 Å². The summed E-state index contributed by atoms with van der Waals surface area (Å²) in [6, 6.07) is 9.53. The number of carbonyl (C=O) groups is 2. The summed E-state index contributed by atoms with van der Waals surface area (Å²) < 4.78 is 5.19. The van der Waals surface area contributed by atoms with Gasteiger partial charge in [-0.3, -0.25) is 4.79 Å². The fourth-order valence-electron chi connectivity index (χ4n) is 2.03. The van der Waals surface area contributed by atoms with Crippen LogP contribution in [-0.4, -0.2) is 25.6 Å². The van der Waals surface area contributed by atoms with Gasteiger partial charge in [-0.2, -0.15) is 0 Å². The highest BCUT2D eigenvalue weighted by Gasteiger charge is 2.10. The van der Waals surface area contributed by atoms with Crippen molar-refractivity contribution in [1.29, 1.82) is 0 Å². The molecule has 0 atom stereocenters. The molecule has 0 heterocycles. The second-order valence-electron chi connectivity index (χ2n) is 5.18. The molecular weight excluding hydrogens is 365 g/mol. The number of aryl methyl sites for hydroxylation is 1. The van der Waals surface area contributed by atoms with Gasteiger partial charge in [0.25, 0.3) is 0 Å². The van der Waals surface area contributed by atoms with Crippen LogP contribution in [0.5, 0.6) is 5.75 Å². The summed E-state index contributed by atoms with van der Waals surface area (Å²) >= 11 is 11.8. The van der Waals surface area contributed by atoms with E-state index >= 15 is 0 Å². The van der Waals surface area contributed by atoms with Gasteiger partial charge in [0.2, 0.25) is 5.91 Å². The molecule has 3 amide bonds. The van der Waals surface area contributed by atoms with Gasteiger partial charge >= 0.3 is 6.03 Å². The first-order valence-electron chi connectivity index (χ1n) is 7.33. The summed E-state index contributed by atoms with van der Waals surface area (Å²) in [4.78, 5) is 23.9. The number of anilines is 2. The average Bonchev–Trinajstić information content (AvgIpc) is 2.56. The highest BCUT2D eigenvalue weighted by atomic mass is 35.5. The lowest BCUT2D eigenvalue weighted by Gasteiger charge is -2.12. The molecule has 0 aromatic heterocycles. The molecule has 0 aliphatic heterocycles. The molecule has 0 bridgehead atoms. The Labute approximate surface area is 155 Å². The number of hydrogen-bond donors (Lipinski definition) is 3. The molecule has 2 aromatic rings. The monoisotopic (exact) mass is 381 g/mol. The minimum Gasteiger partial charge on any atom is -0.495 e. The van der Waals surface area contributed by atoms with Crippen LogP contribution in [-0.2, 0) is 4.79 Å². The van der Waals surface area contributed by atoms with Gasteiger partial charge in [0.1, 0.15) is 5.75 Å². The third kappa shape index (κ3) is 5.55. The molecule has 0 radical (unpaired) electrons. The second-order valence-corrected chi connectivity index (χ2v) is 6.03. The molecule has 0 saturated carbocycles. The van der Waals surface area contributed by atoms with E-state index in [9.17, 15) is 9.59 Å². The SMILES string of the molecule is COc1ccc(C)cc1NC(=O)CNC(=O)Nc1ccc(Cl)cc1Cl. The molecule has 0 aliphatic carbocycles. The predicted octanol–water partition coefficient (Wildman–Crippen LogP) is 4.07. The van der Waals surface area contributed by atoms with E-state index in [0.717, 1.165) is 5.56 Å². The number of halogens is 2. The van der Waals surface area contributed by atoms with Crippen molar-refractivity contribution in [2.24, 2.45) is 0 Å². The molecule has 25 heavy (non-hydrogen) atoms. The molecule has 0 saturated heterocycles. The summed E-state index contributed by atoms with van der Waals surface area (Å²) in [5.41, 5.74) is 1.90. The van der Waals surface area contributed by atoms with E-state index in [1.54, 1.807) is 24.3 Å². The van der Waals surface area contributed by atoms with E-state index in [1.807, 2.05) is 13.0 Å². The second kappa shape index (κ2) is 8.60. The van der Waals surface area contributed by atoms with Crippen LogP contribution in [0.3, 0.4) is 0 Å². The van der Waals surface area contributed by atoms with Crippen molar-refractivity contribution in [2.75, 3.05) is 24.3 Å². The van der Waals surface area contributed by atoms with Crippen molar-refractivity contribution in [3.8, 4) is 5.75 Å². The first-order valence-corrected chi connectivity index (χ1v) is 8.09. The Morgan fingerprint density at radius 2 is 1.80 bits per heavy atom.